The molecule has 1 aliphatic rings. The van der Waals surface area contributed by atoms with Gasteiger partial charge in [0.05, 0.1) is 12.6 Å². The van der Waals surface area contributed by atoms with Crippen LogP contribution in [-0.2, 0) is 6.54 Å². The number of rotatable bonds is 4. The summed E-state index contributed by atoms with van der Waals surface area (Å²) in [7, 11) is 2.06. The lowest BCUT2D eigenvalue weighted by atomic mass is 10.1. The van der Waals surface area contributed by atoms with Crippen LogP contribution in [0.3, 0.4) is 0 Å². The Labute approximate surface area is 138 Å². The summed E-state index contributed by atoms with van der Waals surface area (Å²) < 4.78 is 5.87. The zero-order chi connectivity index (χ0) is 13.8. The lowest BCUT2D eigenvalue weighted by Gasteiger charge is -2.18. The van der Waals surface area contributed by atoms with Crippen molar-refractivity contribution >= 4 is 29.9 Å². The number of benzene rings is 1. The molecule has 112 valence electrons. The fourth-order valence-corrected chi connectivity index (χ4v) is 2.07. The molecule has 0 aromatic heterocycles. The first kappa shape index (κ1) is 17.1. The number of nitrogens with one attached hydrogen (secondary N) is 1. The Bertz CT molecular complexity index is 474. The van der Waals surface area contributed by atoms with Gasteiger partial charge >= 0.3 is 0 Å². The average Bonchev–Trinajstić information content (AvgIpc) is 2.73. The van der Waals surface area contributed by atoms with Gasteiger partial charge in [-0.1, -0.05) is 12.1 Å². The van der Waals surface area contributed by atoms with Crippen LogP contribution in [0.25, 0.3) is 0 Å². The van der Waals surface area contributed by atoms with Crippen LogP contribution in [0.2, 0.25) is 0 Å². The average molecular weight is 389 g/mol. The van der Waals surface area contributed by atoms with Crippen molar-refractivity contribution in [1.82, 2.24) is 10.2 Å². The highest BCUT2D eigenvalue weighted by Crippen LogP contribution is 2.21. The van der Waals surface area contributed by atoms with Crippen LogP contribution in [0, 0.1) is 6.92 Å². The van der Waals surface area contributed by atoms with E-state index in [0.29, 0.717) is 0 Å². The van der Waals surface area contributed by atoms with E-state index in [9.17, 15) is 0 Å². The number of hydrogen-bond acceptors (Lipinski definition) is 4. The standard InChI is InChI=1S/C15H23N3O.HI/c1-11(2)19-14-9-12(3)5-6-13(14)10-17-15-16-7-8-18(15)4;/h5-6,9,11H,7-8,10H2,1-4H3,(H,16,17);1H. The van der Waals surface area contributed by atoms with Gasteiger partial charge in [0, 0.05) is 25.7 Å². The molecule has 0 unspecified atom stereocenters. The Morgan fingerprint density at radius 3 is 2.75 bits per heavy atom. The molecule has 1 aromatic carbocycles. The van der Waals surface area contributed by atoms with Crippen molar-refractivity contribution in [2.24, 2.45) is 4.99 Å². The number of nitrogens with zero attached hydrogens (tertiary/aromatic N) is 2. The van der Waals surface area contributed by atoms with E-state index in [1.807, 2.05) is 13.8 Å². The highest BCUT2D eigenvalue weighted by atomic mass is 127. The third kappa shape index (κ3) is 4.54. The van der Waals surface area contributed by atoms with E-state index in [-0.39, 0.29) is 30.1 Å². The van der Waals surface area contributed by atoms with E-state index in [4.69, 9.17) is 4.74 Å². The second kappa shape index (κ2) is 7.71. The number of likely N-dealkylation sites (N-methyl/N-ethyl adjacent to an activating group) is 1. The van der Waals surface area contributed by atoms with Gasteiger partial charge in [0.1, 0.15) is 5.75 Å². The Kier molecular flexibility index (Phi) is 6.58. The van der Waals surface area contributed by atoms with Crippen molar-refractivity contribution in [3.63, 3.8) is 0 Å². The normalized spacial score (nSPS) is 14.1. The largest absolute Gasteiger partial charge is 0.491 e. The summed E-state index contributed by atoms with van der Waals surface area (Å²) >= 11 is 0. The number of halogens is 1. The van der Waals surface area contributed by atoms with Gasteiger partial charge in [-0.15, -0.1) is 24.0 Å². The quantitative estimate of drug-likeness (QED) is 0.805. The van der Waals surface area contributed by atoms with Gasteiger partial charge in [0.15, 0.2) is 5.96 Å². The minimum Gasteiger partial charge on any atom is -0.491 e. The summed E-state index contributed by atoms with van der Waals surface area (Å²) in [5.41, 5.74) is 2.39. The maximum atomic E-state index is 5.87. The zero-order valence-corrected chi connectivity index (χ0v) is 15.0. The van der Waals surface area contributed by atoms with Crippen LogP contribution >= 0.6 is 24.0 Å². The molecule has 1 aliphatic heterocycles. The molecule has 0 atom stereocenters. The van der Waals surface area contributed by atoms with Gasteiger partial charge in [0.25, 0.3) is 0 Å². The van der Waals surface area contributed by atoms with Crippen molar-refractivity contribution < 1.29 is 4.74 Å². The second-order valence-electron chi connectivity index (χ2n) is 5.26. The predicted octanol–water partition coefficient (Wildman–Crippen LogP) is 2.79. The van der Waals surface area contributed by atoms with Crippen LogP contribution in [-0.4, -0.2) is 37.1 Å². The van der Waals surface area contributed by atoms with Gasteiger partial charge in [-0.25, -0.2) is 0 Å². The van der Waals surface area contributed by atoms with Crippen LogP contribution < -0.4 is 10.1 Å². The van der Waals surface area contributed by atoms with E-state index in [1.54, 1.807) is 0 Å². The number of guanidine groups is 1. The Morgan fingerprint density at radius 2 is 2.15 bits per heavy atom. The van der Waals surface area contributed by atoms with E-state index < -0.39 is 0 Å². The highest BCUT2D eigenvalue weighted by Gasteiger charge is 2.13. The first-order chi connectivity index (χ1) is 9.06. The topological polar surface area (TPSA) is 36.9 Å². The smallest absolute Gasteiger partial charge is 0.194 e. The molecule has 0 aliphatic carbocycles. The molecule has 0 bridgehead atoms. The van der Waals surface area contributed by atoms with Gasteiger partial charge in [-0.05, 0) is 32.4 Å². The molecule has 0 saturated heterocycles. The molecule has 1 aromatic rings. The van der Waals surface area contributed by atoms with Crippen molar-refractivity contribution in [1.29, 1.82) is 0 Å². The molecule has 0 radical (unpaired) electrons. The minimum atomic E-state index is 0. The van der Waals surface area contributed by atoms with Crippen molar-refractivity contribution in [2.45, 2.75) is 33.4 Å². The van der Waals surface area contributed by atoms with Gasteiger partial charge < -0.3 is 15.0 Å². The van der Waals surface area contributed by atoms with Crippen molar-refractivity contribution in [3.8, 4) is 5.75 Å². The summed E-state index contributed by atoms with van der Waals surface area (Å²) in [6, 6.07) is 6.33. The maximum absolute atomic E-state index is 5.87. The molecule has 4 nitrogen and oxygen atoms in total. The molecular weight excluding hydrogens is 365 g/mol. The lowest BCUT2D eigenvalue weighted by Crippen LogP contribution is -2.35. The fourth-order valence-electron chi connectivity index (χ4n) is 2.07. The first-order valence-corrected chi connectivity index (χ1v) is 6.82. The second-order valence-corrected chi connectivity index (χ2v) is 5.26. The summed E-state index contributed by atoms with van der Waals surface area (Å²) in [5.74, 6) is 1.93. The SMILES string of the molecule is Cc1ccc(CNC2=NCCN2C)c(OC(C)C)c1.I. The molecule has 1 heterocycles. The monoisotopic (exact) mass is 389 g/mol. The van der Waals surface area contributed by atoms with Crippen LogP contribution in [0.5, 0.6) is 5.75 Å². The zero-order valence-electron chi connectivity index (χ0n) is 12.6. The third-order valence-corrected chi connectivity index (χ3v) is 3.08. The summed E-state index contributed by atoms with van der Waals surface area (Å²) in [4.78, 5) is 6.57. The molecule has 0 amide bonds. The Hall–Kier alpha value is -0.980. The molecular formula is C15H24IN3O. The van der Waals surface area contributed by atoms with E-state index in [1.165, 1.54) is 11.1 Å². The molecule has 20 heavy (non-hydrogen) atoms. The lowest BCUT2D eigenvalue weighted by molar-refractivity contribution is 0.239. The highest BCUT2D eigenvalue weighted by molar-refractivity contribution is 14.0. The van der Waals surface area contributed by atoms with Gasteiger partial charge in [-0.3, -0.25) is 4.99 Å². The minimum absolute atomic E-state index is 0. The number of hydrogen-bond donors (Lipinski definition) is 1. The molecule has 2 rings (SSSR count). The number of aryl methyl sites for hydroxylation is 1. The number of aliphatic imine (C=N–C) groups is 1. The van der Waals surface area contributed by atoms with Gasteiger partial charge in [0.2, 0.25) is 0 Å². The summed E-state index contributed by atoms with van der Waals surface area (Å²) in [6.07, 6.45) is 0.187. The third-order valence-electron chi connectivity index (χ3n) is 3.08. The predicted molar refractivity (Wildman–Crippen MR) is 94.1 cm³/mol. The van der Waals surface area contributed by atoms with E-state index in [2.05, 4.69) is 47.4 Å². The van der Waals surface area contributed by atoms with Gasteiger partial charge in [-0.2, -0.15) is 0 Å². The Balaban J connectivity index is 0.00000200. The molecule has 1 N–H and O–H groups in total. The van der Waals surface area contributed by atoms with E-state index >= 15 is 0 Å². The fraction of sp³-hybridized carbons (Fsp3) is 0.533. The van der Waals surface area contributed by atoms with Crippen molar-refractivity contribution in [2.75, 3.05) is 20.1 Å². The maximum Gasteiger partial charge on any atom is 0.194 e. The molecule has 0 saturated carbocycles. The van der Waals surface area contributed by atoms with Crippen LogP contribution in [0.4, 0.5) is 0 Å². The number of ether oxygens (including phenoxy) is 1. The molecule has 0 fully saturated rings. The van der Waals surface area contributed by atoms with E-state index in [0.717, 1.165) is 31.3 Å². The summed E-state index contributed by atoms with van der Waals surface area (Å²) in [6.45, 7) is 8.79. The first-order valence-electron chi connectivity index (χ1n) is 6.82. The van der Waals surface area contributed by atoms with Crippen LogP contribution in [0.1, 0.15) is 25.0 Å². The molecule has 5 heteroatoms. The Morgan fingerprint density at radius 1 is 1.40 bits per heavy atom. The van der Waals surface area contributed by atoms with Crippen LogP contribution in [0.15, 0.2) is 23.2 Å². The van der Waals surface area contributed by atoms with Crippen molar-refractivity contribution in [3.05, 3.63) is 29.3 Å². The molecule has 0 spiro atoms. The summed E-state index contributed by atoms with van der Waals surface area (Å²) in [5, 5.41) is 3.38.